The normalized spacial score (nSPS) is 12.2. The maximum atomic E-state index is 6.45. The molecular weight excluding hydrogens is 305 g/mol. The van der Waals surface area contributed by atoms with Crippen LogP contribution in [0.5, 0.6) is 5.75 Å². The van der Waals surface area contributed by atoms with Gasteiger partial charge in [0, 0.05) is 23.0 Å². The van der Waals surface area contributed by atoms with E-state index >= 15 is 0 Å². The second-order valence-electron chi connectivity index (χ2n) is 4.03. The minimum absolute atomic E-state index is 0.270. The average molecular weight is 317 g/mol. The van der Waals surface area contributed by atoms with Gasteiger partial charge in [0.2, 0.25) is 0 Å². The van der Waals surface area contributed by atoms with Gasteiger partial charge in [-0.2, -0.15) is 0 Å². The Morgan fingerprint density at radius 3 is 2.74 bits per heavy atom. The summed E-state index contributed by atoms with van der Waals surface area (Å²) in [6.45, 7) is 0. The van der Waals surface area contributed by atoms with Gasteiger partial charge in [-0.1, -0.05) is 23.2 Å². The highest BCUT2D eigenvalue weighted by Gasteiger charge is 2.16. The highest BCUT2D eigenvalue weighted by Crippen LogP contribution is 2.35. The van der Waals surface area contributed by atoms with Crippen LogP contribution in [0.3, 0.4) is 0 Å². The number of benzene rings is 1. The molecule has 0 bridgehead atoms. The molecule has 0 amide bonds. The number of hydrogen-bond acceptors (Lipinski definition) is 2. The zero-order valence-electron chi connectivity index (χ0n) is 10.2. The Morgan fingerprint density at radius 2 is 2.05 bits per heavy atom. The number of methoxy groups -OCH3 is 1. The molecule has 0 aliphatic rings. The van der Waals surface area contributed by atoms with Crippen molar-refractivity contribution < 1.29 is 4.74 Å². The molecule has 19 heavy (non-hydrogen) atoms. The first-order valence-electron chi connectivity index (χ1n) is 5.67. The van der Waals surface area contributed by atoms with E-state index in [2.05, 4.69) is 4.98 Å². The summed E-state index contributed by atoms with van der Waals surface area (Å²) < 4.78 is 5.30. The molecule has 2 rings (SSSR count). The smallest absolute Gasteiger partial charge is 0.123 e. The molecule has 1 atom stereocenters. The fourth-order valence-electron chi connectivity index (χ4n) is 1.82. The van der Waals surface area contributed by atoms with Crippen molar-refractivity contribution >= 4 is 34.8 Å². The molecule has 0 N–H and O–H groups in total. The molecule has 1 heterocycles. The van der Waals surface area contributed by atoms with Crippen LogP contribution < -0.4 is 4.74 Å². The molecule has 1 unspecified atom stereocenters. The van der Waals surface area contributed by atoms with Gasteiger partial charge in [-0.3, -0.25) is 4.98 Å². The van der Waals surface area contributed by atoms with Crippen LogP contribution in [0.15, 0.2) is 36.7 Å². The zero-order valence-corrected chi connectivity index (χ0v) is 12.5. The standard InChI is InChI=1S/C14H12Cl3NO/c1-19-14-3-2-10(15)7-11(14)12(16)6-9-4-5-18-8-13(9)17/h2-5,7-8,12H,6H2,1H3. The van der Waals surface area contributed by atoms with Crippen LogP contribution in [0.2, 0.25) is 10.0 Å². The lowest BCUT2D eigenvalue weighted by molar-refractivity contribution is 0.409. The van der Waals surface area contributed by atoms with E-state index in [1.165, 1.54) is 0 Å². The predicted molar refractivity (Wildman–Crippen MR) is 79.5 cm³/mol. The van der Waals surface area contributed by atoms with Crippen molar-refractivity contribution in [3.05, 3.63) is 57.8 Å². The van der Waals surface area contributed by atoms with Gasteiger partial charge in [-0.15, -0.1) is 11.6 Å². The lowest BCUT2D eigenvalue weighted by Crippen LogP contribution is -2.00. The van der Waals surface area contributed by atoms with E-state index in [-0.39, 0.29) is 5.38 Å². The lowest BCUT2D eigenvalue weighted by Gasteiger charge is -2.15. The summed E-state index contributed by atoms with van der Waals surface area (Å²) in [6, 6.07) is 7.25. The number of alkyl halides is 1. The molecule has 5 heteroatoms. The lowest BCUT2D eigenvalue weighted by atomic mass is 10.0. The SMILES string of the molecule is COc1ccc(Cl)cc1C(Cl)Cc1ccncc1Cl. The van der Waals surface area contributed by atoms with Gasteiger partial charge in [0.25, 0.3) is 0 Å². The largest absolute Gasteiger partial charge is 0.496 e. The maximum Gasteiger partial charge on any atom is 0.123 e. The summed E-state index contributed by atoms with van der Waals surface area (Å²) in [5.41, 5.74) is 1.79. The van der Waals surface area contributed by atoms with E-state index in [1.54, 1.807) is 31.6 Å². The maximum absolute atomic E-state index is 6.45. The van der Waals surface area contributed by atoms with Crippen molar-refractivity contribution in [2.24, 2.45) is 0 Å². The van der Waals surface area contributed by atoms with E-state index in [9.17, 15) is 0 Å². The molecule has 2 aromatic rings. The first-order chi connectivity index (χ1) is 9.11. The van der Waals surface area contributed by atoms with E-state index in [0.29, 0.717) is 16.5 Å². The first kappa shape index (κ1) is 14.4. The fourth-order valence-corrected chi connectivity index (χ4v) is 2.54. The molecule has 0 aliphatic heterocycles. The van der Waals surface area contributed by atoms with Crippen LogP contribution in [0.4, 0.5) is 0 Å². The van der Waals surface area contributed by atoms with Crippen LogP contribution in [-0.2, 0) is 6.42 Å². The monoisotopic (exact) mass is 315 g/mol. The van der Waals surface area contributed by atoms with Crippen LogP contribution in [0.25, 0.3) is 0 Å². The predicted octanol–water partition coefficient (Wildman–Crippen LogP) is 4.92. The van der Waals surface area contributed by atoms with E-state index in [4.69, 9.17) is 39.5 Å². The van der Waals surface area contributed by atoms with Crippen molar-refractivity contribution in [1.29, 1.82) is 0 Å². The Balaban J connectivity index is 2.27. The summed E-state index contributed by atoms with van der Waals surface area (Å²) >= 11 is 18.5. The summed E-state index contributed by atoms with van der Waals surface area (Å²) in [5.74, 6) is 0.717. The fraction of sp³-hybridized carbons (Fsp3) is 0.214. The quantitative estimate of drug-likeness (QED) is 0.747. The highest BCUT2D eigenvalue weighted by molar-refractivity contribution is 6.31. The van der Waals surface area contributed by atoms with Gasteiger partial charge in [-0.05, 0) is 36.2 Å². The third-order valence-electron chi connectivity index (χ3n) is 2.78. The van der Waals surface area contributed by atoms with E-state index in [0.717, 1.165) is 16.9 Å². The number of nitrogens with zero attached hydrogens (tertiary/aromatic N) is 1. The van der Waals surface area contributed by atoms with Crippen molar-refractivity contribution in [2.45, 2.75) is 11.8 Å². The molecular formula is C14H12Cl3NO. The Morgan fingerprint density at radius 1 is 1.26 bits per heavy atom. The van der Waals surface area contributed by atoms with E-state index < -0.39 is 0 Å². The number of hydrogen-bond donors (Lipinski definition) is 0. The van der Waals surface area contributed by atoms with Crippen molar-refractivity contribution in [2.75, 3.05) is 7.11 Å². The minimum atomic E-state index is -0.270. The van der Waals surface area contributed by atoms with Gasteiger partial charge < -0.3 is 4.74 Å². The molecule has 2 nitrogen and oxygen atoms in total. The number of pyridine rings is 1. The number of halogens is 3. The minimum Gasteiger partial charge on any atom is -0.496 e. The van der Waals surface area contributed by atoms with Gasteiger partial charge in [0.15, 0.2) is 0 Å². The molecule has 0 saturated heterocycles. The summed E-state index contributed by atoms with van der Waals surface area (Å²) in [4.78, 5) is 3.95. The third-order valence-corrected chi connectivity index (χ3v) is 3.75. The van der Waals surface area contributed by atoms with Crippen LogP contribution in [0, 0.1) is 0 Å². The topological polar surface area (TPSA) is 22.1 Å². The van der Waals surface area contributed by atoms with Crippen LogP contribution in [0.1, 0.15) is 16.5 Å². The van der Waals surface area contributed by atoms with Crippen LogP contribution >= 0.6 is 34.8 Å². The first-order valence-corrected chi connectivity index (χ1v) is 6.87. The Labute approximate surface area is 127 Å². The molecule has 1 aromatic carbocycles. The summed E-state index contributed by atoms with van der Waals surface area (Å²) in [6.07, 6.45) is 3.88. The van der Waals surface area contributed by atoms with Crippen molar-refractivity contribution in [3.8, 4) is 5.75 Å². The Hall–Kier alpha value is -0.960. The highest BCUT2D eigenvalue weighted by atomic mass is 35.5. The third kappa shape index (κ3) is 3.53. The average Bonchev–Trinajstić information content (AvgIpc) is 2.41. The number of ether oxygens (including phenoxy) is 1. The molecule has 1 aromatic heterocycles. The summed E-state index contributed by atoms with van der Waals surface area (Å²) in [5, 5.41) is 0.963. The Kier molecular flexibility index (Phi) is 4.92. The van der Waals surface area contributed by atoms with Gasteiger partial charge in [-0.25, -0.2) is 0 Å². The van der Waals surface area contributed by atoms with Gasteiger partial charge >= 0.3 is 0 Å². The molecule has 0 radical (unpaired) electrons. The van der Waals surface area contributed by atoms with Crippen molar-refractivity contribution in [1.82, 2.24) is 4.98 Å². The number of aromatic nitrogens is 1. The van der Waals surface area contributed by atoms with Crippen LogP contribution in [-0.4, -0.2) is 12.1 Å². The number of rotatable bonds is 4. The van der Waals surface area contributed by atoms with E-state index in [1.807, 2.05) is 12.1 Å². The Bertz CT molecular complexity index is 574. The molecule has 0 saturated carbocycles. The molecule has 0 fully saturated rings. The second-order valence-corrected chi connectivity index (χ2v) is 5.40. The zero-order chi connectivity index (χ0) is 13.8. The molecule has 0 aliphatic carbocycles. The second kappa shape index (κ2) is 6.47. The van der Waals surface area contributed by atoms with Crippen molar-refractivity contribution in [3.63, 3.8) is 0 Å². The van der Waals surface area contributed by atoms with Gasteiger partial charge in [0.1, 0.15) is 5.75 Å². The summed E-state index contributed by atoms with van der Waals surface area (Å²) in [7, 11) is 1.61. The van der Waals surface area contributed by atoms with Gasteiger partial charge in [0.05, 0.1) is 17.5 Å². The molecule has 0 spiro atoms. The molecule has 100 valence electrons.